The molecule has 0 heterocycles. The number of amides is 1. The number of carbonyl (C=O) groups excluding carboxylic acids is 1. The molecule has 0 spiro atoms. The summed E-state index contributed by atoms with van der Waals surface area (Å²) in [5.41, 5.74) is -0.279. The van der Waals surface area contributed by atoms with Gasteiger partial charge in [0, 0.05) is 17.6 Å². The van der Waals surface area contributed by atoms with Crippen LogP contribution >= 0.6 is 11.6 Å². The Morgan fingerprint density at radius 1 is 1.61 bits per heavy atom. The van der Waals surface area contributed by atoms with E-state index >= 15 is 0 Å². The van der Waals surface area contributed by atoms with Crippen LogP contribution in [0.4, 0.5) is 5.69 Å². The Bertz CT molecular complexity index is 476. The molecule has 0 saturated heterocycles. The second-order valence-electron chi connectivity index (χ2n) is 3.25. The number of hydrogen-bond donors (Lipinski definition) is 1. The van der Waals surface area contributed by atoms with Gasteiger partial charge in [0.15, 0.2) is 12.4 Å². The van der Waals surface area contributed by atoms with Crippen LogP contribution in [0.2, 0.25) is 5.02 Å². The van der Waals surface area contributed by atoms with E-state index in [0.29, 0.717) is 6.54 Å². The van der Waals surface area contributed by atoms with E-state index in [1.165, 1.54) is 24.3 Å². The van der Waals surface area contributed by atoms with E-state index < -0.39 is 4.92 Å². The second-order valence-corrected chi connectivity index (χ2v) is 3.69. The number of nitro benzene ring substituents is 1. The molecule has 0 atom stereocenters. The van der Waals surface area contributed by atoms with Crippen molar-refractivity contribution in [1.29, 1.82) is 0 Å². The van der Waals surface area contributed by atoms with Crippen molar-refractivity contribution in [2.24, 2.45) is 0 Å². The molecule has 1 aromatic rings. The maximum absolute atomic E-state index is 11.2. The molecule has 1 aromatic carbocycles. The van der Waals surface area contributed by atoms with Crippen LogP contribution in [-0.4, -0.2) is 24.0 Å². The molecule has 0 aliphatic heterocycles. The highest BCUT2D eigenvalue weighted by molar-refractivity contribution is 6.30. The van der Waals surface area contributed by atoms with Crippen molar-refractivity contribution >= 4 is 23.2 Å². The average molecular weight is 271 g/mol. The number of nitrogens with zero attached hydrogens (tertiary/aromatic N) is 1. The van der Waals surface area contributed by atoms with E-state index in [9.17, 15) is 14.9 Å². The lowest BCUT2D eigenvalue weighted by molar-refractivity contribution is -0.385. The Morgan fingerprint density at radius 2 is 2.33 bits per heavy atom. The summed E-state index contributed by atoms with van der Waals surface area (Å²) in [6.45, 7) is 3.44. The van der Waals surface area contributed by atoms with Gasteiger partial charge in [0.1, 0.15) is 0 Å². The Morgan fingerprint density at radius 3 is 2.94 bits per heavy atom. The largest absolute Gasteiger partial charge is 0.477 e. The molecule has 1 amide bonds. The van der Waals surface area contributed by atoms with Crippen molar-refractivity contribution in [2.45, 2.75) is 0 Å². The minimum atomic E-state index is -0.622. The molecule has 96 valence electrons. The summed E-state index contributed by atoms with van der Waals surface area (Å²) < 4.78 is 5.07. The average Bonchev–Trinajstić information content (AvgIpc) is 2.34. The van der Waals surface area contributed by atoms with E-state index in [-0.39, 0.29) is 29.0 Å². The number of carbonyl (C=O) groups is 1. The van der Waals surface area contributed by atoms with E-state index in [1.807, 2.05) is 0 Å². The van der Waals surface area contributed by atoms with Crippen LogP contribution in [-0.2, 0) is 4.79 Å². The number of nitro groups is 1. The summed E-state index contributed by atoms with van der Waals surface area (Å²) in [5.74, 6) is -0.391. The lowest BCUT2D eigenvalue weighted by atomic mass is 10.3. The molecule has 0 radical (unpaired) electrons. The maximum Gasteiger partial charge on any atom is 0.312 e. The highest BCUT2D eigenvalue weighted by Gasteiger charge is 2.16. The molecule has 7 heteroatoms. The second kappa shape index (κ2) is 6.61. The minimum absolute atomic E-state index is 0.00171. The fourth-order valence-corrected chi connectivity index (χ4v) is 1.30. The van der Waals surface area contributed by atoms with Gasteiger partial charge in [-0.25, -0.2) is 0 Å². The Balaban J connectivity index is 2.69. The van der Waals surface area contributed by atoms with Gasteiger partial charge in [0.2, 0.25) is 0 Å². The van der Waals surface area contributed by atoms with Crippen LogP contribution in [0.25, 0.3) is 0 Å². The molecule has 0 bridgehead atoms. The van der Waals surface area contributed by atoms with Gasteiger partial charge in [-0.3, -0.25) is 14.9 Å². The van der Waals surface area contributed by atoms with Crippen molar-refractivity contribution < 1.29 is 14.5 Å². The topological polar surface area (TPSA) is 81.5 Å². The van der Waals surface area contributed by atoms with Crippen LogP contribution in [0.5, 0.6) is 5.75 Å². The van der Waals surface area contributed by atoms with E-state index in [1.54, 1.807) is 0 Å². The molecule has 0 unspecified atom stereocenters. The van der Waals surface area contributed by atoms with Crippen molar-refractivity contribution in [3.8, 4) is 5.75 Å². The Kier molecular flexibility index (Phi) is 5.13. The Hall–Kier alpha value is -2.08. The number of ether oxygens (including phenoxy) is 1. The smallest absolute Gasteiger partial charge is 0.312 e. The predicted octanol–water partition coefficient (Wildman–Crippen LogP) is 1.93. The lowest BCUT2D eigenvalue weighted by Crippen LogP contribution is -2.28. The molecule has 0 aliphatic carbocycles. The fraction of sp³-hybridized carbons (Fsp3) is 0.182. The van der Waals surface area contributed by atoms with Gasteiger partial charge >= 0.3 is 5.69 Å². The normalized spacial score (nSPS) is 9.61. The number of hydrogen-bond acceptors (Lipinski definition) is 4. The summed E-state index contributed by atoms with van der Waals surface area (Å²) in [7, 11) is 0. The summed E-state index contributed by atoms with van der Waals surface area (Å²) in [5, 5.41) is 13.5. The first-order valence-electron chi connectivity index (χ1n) is 4.99. The van der Waals surface area contributed by atoms with E-state index in [2.05, 4.69) is 11.9 Å². The molecule has 1 rings (SSSR count). The van der Waals surface area contributed by atoms with E-state index in [4.69, 9.17) is 16.3 Å². The number of nitrogens with one attached hydrogen (secondary N) is 1. The third kappa shape index (κ3) is 4.06. The van der Waals surface area contributed by atoms with Gasteiger partial charge in [-0.2, -0.15) is 0 Å². The van der Waals surface area contributed by atoms with Gasteiger partial charge in [-0.1, -0.05) is 17.7 Å². The number of halogens is 1. The monoisotopic (exact) mass is 270 g/mol. The molecule has 0 aromatic heterocycles. The highest BCUT2D eigenvalue weighted by Crippen LogP contribution is 2.29. The van der Waals surface area contributed by atoms with Crippen molar-refractivity contribution in [3.05, 3.63) is 46.0 Å². The summed E-state index contributed by atoms with van der Waals surface area (Å²) in [4.78, 5) is 21.4. The predicted molar refractivity (Wildman–Crippen MR) is 66.8 cm³/mol. The SMILES string of the molecule is C=CCNC(=O)COc1ccc(Cl)cc1[N+](=O)[O-]. The van der Waals surface area contributed by atoms with Gasteiger partial charge < -0.3 is 10.1 Å². The third-order valence-electron chi connectivity index (χ3n) is 1.92. The standard InChI is InChI=1S/C11H11ClN2O4/c1-2-5-13-11(15)7-18-10-4-3-8(12)6-9(10)14(16)17/h2-4,6H,1,5,7H2,(H,13,15). The summed E-state index contributed by atoms with van der Waals surface area (Å²) in [6, 6.07) is 3.96. The molecular formula is C11H11ClN2O4. The maximum atomic E-state index is 11.2. The van der Waals surface area contributed by atoms with Crippen molar-refractivity contribution in [1.82, 2.24) is 5.32 Å². The molecule has 1 N–H and O–H groups in total. The quantitative estimate of drug-likeness (QED) is 0.486. The summed E-state index contributed by atoms with van der Waals surface area (Å²) >= 11 is 5.64. The van der Waals surface area contributed by atoms with Gasteiger partial charge in [-0.05, 0) is 12.1 Å². The van der Waals surface area contributed by atoms with Crippen molar-refractivity contribution in [3.63, 3.8) is 0 Å². The molecule has 18 heavy (non-hydrogen) atoms. The Labute approximate surface area is 108 Å². The van der Waals surface area contributed by atoms with Gasteiger partial charge in [0.05, 0.1) is 4.92 Å². The third-order valence-corrected chi connectivity index (χ3v) is 2.16. The van der Waals surface area contributed by atoms with Crippen LogP contribution in [0.1, 0.15) is 0 Å². The zero-order valence-electron chi connectivity index (χ0n) is 9.39. The molecule has 0 fully saturated rings. The minimum Gasteiger partial charge on any atom is -0.477 e. The van der Waals surface area contributed by atoms with E-state index in [0.717, 1.165) is 0 Å². The zero-order valence-corrected chi connectivity index (χ0v) is 10.1. The molecular weight excluding hydrogens is 260 g/mol. The first-order chi connectivity index (χ1) is 8.54. The number of benzene rings is 1. The molecule has 6 nitrogen and oxygen atoms in total. The summed E-state index contributed by atoms with van der Waals surface area (Å²) in [6.07, 6.45) is 1.52. The fourth-order valence-electron chi connectivity index (χ4n) is 1.14. The van der Waals surface area contributed by atoms with Crippen LogP contribution in [0.3, 0.4) is 0 Å². The van der Waals surface area contributed by atoms with Crippen molar-refractivity contribution in [2.75, 3.05) is 13.2 Å². The molecule has 0 saturated carbocycles. The lowest BCUT2D eigenvalue weighted by Gasteiger charge is -2.06. The van der Waals surface area contributed by atoms with Gasteiger partial charge in [0.25, 0.3) is 5.91 Å². The van der Waals surface area contributed by atoms with Gasteiger partial charge in [-0.15, -0.1) is 6.58 Å². The van der Waals surface area contributed by atoms with Crippen LogP contribution < -0.4 is 10.1 Å². The number of rotatable bonds is 6. The zero-order chi connectivity index (χ0) is 13.5. The first kappa shape index (κ1) is 14.0. The van der Waals surface area contributed by atoms with Crippen LogP contribution in [0.15, 0.2) is 30.9 Å². The highest BCUT2D eigenvalue weighted by atomic mass is 35.5. The molecule has 0 aliphatic rings. The first-order valence-corrected chi connectivity index (χ1v) is 5.36. The van der Waals surface area contributed by atoms with Crippen LogP contribution in [0, 0.1) is 10.1 Å².